The van der Waals surface area contributed by atoms with Crippen LogP contribution in [0.2, 0.25) is 0 Å². The van der Waals surface area contributed by atoms with Gasteiger partial charge >= 0.3 is 0 Å². The standard InChI is InChI=1S/C10H10N3P/c11-9-3-1-2-8(13-9)7-4-5-10(14)12-6-7/h1-6H,14H2,(H2,11,13). The number of nitrogen functional groups attached to an aromatic ring is 1. The smallest absolute Gasteiger partial charge is 0.124 e. The number of hydrogen-bond donors (Lipinski definition) is 1. The summed E-state index contributed by atoms with van der Waals surface area (Å²) in [5.74, 6) is 0.525. The van der Waals surface area contributed by atoms with Crippen molar-refractivity contribution in [1.82, 2.24) is 9.97 Å². The van der Waals surface area contributed by atoms with Crippen LogP contribution in [-0.2, 0) is 0 Å². The summed E-state index contributed by atoms with van der Waals surface area (Å²) in [6.07, 6.45) is 1.78. The van der Waals surface area contributed by atoms with E-state index in [-0.39, 0.29) is 0 Å². The van der Waals surface area contributed by atoms with E-state index < -0.39 is 0 Å². The molecule has 2 rings (SSSR count). The highest BCUT2D eigenvalue weighted by Crippen LogP contribution is 2.15. The van der Waals surface area contributed by atoms with E-state index in [0.717, 1.165) is 16.7 Å². The van der Waals surface area contributed by atoms with Crippen LogP contribution in [0.1, 0.15) is 0 Å². The summed E-state index contributed by atoms with van der Waals surface area (Å²) < 4.78 is 0. The van der Waals surface area contributed by atoms with Crippen molar-refractivity contribution >= 4 is 20.5 Å². The zero-order valence-electron chi connectivity index (χ0n) is 7.51. The monoisotopic (exact) mass is 203 g/mol. The fraction of sp³-hybridized carbons (Fsp3) is 0. The number of aromatic nitrogens is 2. The van der Waals surface area contributed by atoms with Crippen LogP contribution in [0.3, 0.4) is 0 Å². The Balaban J connectivity index is 2.44. The molecule has 2 N–H and O–H groups in total. The third-order valence-corrected chi connectivity index (χ3v) is 2.19. The van der Waals surface area contributed by atoms with Crippen LogP contribution in [0.15, 0.2) is 36.5 Å². The van der Waals surface area contributed by atoms with Crippen molar-refractivity contribution in [3.63, 3.8) is 0 Å². The third-order valence-electron chi connectivity index (χ3n) is 1.85. The maximum Gasteiger partial charge on any atom is 0.124 e. The number of hydrogen-bond acceptors (Lipinski definition) is 3. The molecule has 70 valence electrons. The minimum absolute atomic E-state index is 0.525. The van der Waals surface area contributed by atoms with Crippen LogP contribution in [0.4, 0.5) is 5.82 Å². The van der Waals surface area contributed by atoms with Crippen LogP contribution >= 0.6 is 9.24 Å². The Morgan fingerprint density at radius 2 is 2.00 bits per heavy atom. The Kier molecular flexibility index (Phi) is 2.42. The molecule has 0 saturated heterocycles. The van der Waals surface area contributed by atoms with Crippen molar-refractivity contribution in [2.24, 2.45) is 0 Å². The predicted molar refractivity (Wildman–Crippen MR) is 61.2 cm³/mol. The molecular weight excluding hydrogens is 193 g/mol. The van der Waals surface area contributed by atoms with Crippen molar-refractivity contribution in [3.05, 3.63) is 36.5 Å². The second-order valence-corrected chi connectivity index (χ2v) is 3.51. The highest BCUT2D eigenvalue weighted by molar-refractivity contribution is 7.26. The maximum atomic E-state index is 5.59. The molecule has 2 aromatic heterocycles. The number of nitrogens with zero attached hydrogens (tertiary/aromatic N) is 2. The molecule has 4 heteroatoms. The number of rotatable bonds is 1. The molecule has 0 aliphatic carbocycles. The molecule has 0 amide bonds. The Labute approximate surface area is 84.6 Å². The number of pyridine rings is 2. The lowest BCUT2D eigenvalue weighted by Crippen LogP contribution is -1.97. The summed E-state index contributed by atoms with van der Waals surface area (Å²) in [5.41, 5.74) is 8.33. The fourth-order valence-corrected chi connectivity index (χ4v) is 1.34. The average molecular weight is 203 g/mol. The van der Waals surface area contributed by atoms with Gasteiger partial charge in [0.05, 0.1) is 11.1 Å². The molecule has 0 fully saturated rings. The molecule has 0 radical (unpaired) electrons. The molecular formula is C10H10N3P. The number of anilines is 1. The third kappa shape index (κ3) is 1.88. The maximum absolute atomic E-state index is 5.59. The van der Waals surface area contributed by atoms with Gasteiger partial charge in [-0.2, -0.15) is 0 Å². The van der Waals surface area contributed by atoms with E-state index in [1.165, 1.54) is 0 Å². The van der Waals surface area contributed by atoms with E-state index in [2.05, 4.69) is 19.2 Å². The lowest BCUT2D eigenvalue weighted by Gasteiger charge is -2.01. The molecule has 0 spiro atoms. The zero-order chi connectivity index (χ0) is 9.97. The minimum Gasteiger partial charge on any atom is -0.384 e. The van der Waals surface area contributed by atoms with Gasteiger partial charge in [0.1, 0.15) is 5.82 Å². The first kappa shape index (κ1) is 9.10. The Morgan fingerprint density at radius 1 is 1.14 bits per heavy atom. The van der Waals surface area contributed by atoms with E-state index in [0.29, 0.717) is 5.82 Å². The van der Waals surface area contributed by atoms with Gasteiger partial charge in [0.25, 0.3) is 0 Å². The lowest BCUT2D eigenvalue weighted by molar-refractivity contribution is 1.31. The van der Waals surface area contributed by atoms with Crippen molar-refractivity contribution in [3.8, 4) is 11.3 Å². The summed E-state index contributed by atoms with van der Waals surface area (Å²) in [5, 5.41) is 0. The van der Waals surface area contributed by atoms with E-state index in [1.807, 2.05) is 24.3 Å². The first-order valence-electron chi connectivity index (χ1n) is 4.20. The predicted octanol–water partition coefficient (Wildman–Crippen LogP) is 1.23. The van der Waals surface area contributed by atoms with Gasteiger partial charge in [0, 0.05) is 11.8 Å². The molecule has 3 nitrogen and oxygen atoms in total. The van der Waals surface area contributed by atoms with Crippen LogP contribution in [0, 0.1) is 0 Å². The van der Waals surface area contributed by atoms with E-state index in [9.17, 15) is 0 Å². The molecule has 0 aliphatic rings. The lowest BCUT2D eigenvalue weighted by atomic mass is 10.2. The van der Waals surface area contributed by atoms with Gasteiger partial charge in [0.15, 0.2) is 0 Å². The molecule has 0 bridgehead atoms. The second kappa shape index (κ2) is 3.72. The summed E-state index contributed by atoms with van der Waals surface area (Å²) >= 11 is 0. The molecule has 1 unspecified atom stereocenters. The first-order chi connectivity index (χ1) is 6.75. The van der Waals surface area contributed by atoms with Gasteiger partial charge in [-0.25, -0.2) is 4.98 Å². The summed E-state index contributed by atoms with van der Waals surface area (Å²) in [7, 11) is 2.54. The normalized spacial score (nSPS) is 10.1. The Bertz CT molecular complexity index is 439. The highest BCUT2D eigenvalue weighted by atomic mass is 31.0. The van der Waals surface area contributed by atoms with Gasteiger partial charge < -0.3 is 5.73 Å². The SMILES string of the molecule is Nc1cccc(-c2ccc(P)nc2)n1. The van der Waals surface area contributed by atoms with E-state index in [4.69, 9.17) is 5.73 Å². The van der Waals surface area contributed by atoms with Crippen molar-refractivity contribution < 1.29 is 0 Å². The highest BCUT2D eigenvalue weighted by Gasteiger charge is 1.98. The fourth-order valence-electron chi connectivity index (χ4n) is 1.17. The molecule has 0 aromatic carbocycles. The Morgan fingerprint density at radius 3 is 2.64 bits per heavy atom. The molecule has 0 aliphatic heterocycles. The van der Waals surface area contributed by atoms with Crippen LogP contribution in [0.5, 0.6) is 0 Å². The van der Waals surface area contributed by atoms with Gasteiger partial charge in [-0.3, -0.25) is 4.98 Å². The topological polar surface area (TPSA) is 51.8 Å². The van der Waals surface area contributed by atoms with Crippen LogP contribution in [-0.4, -0.2) is 9.97 Å². The van der Waals surface area contributed by atoms with Crippen molar-refractivity contribution in [2.75, 3.05) is 5.73 Å². The first-order valence-corrected chi connectivity index (χ1v) is 4.78. The molecule has 2 heterocycles. The second-order valence-electron chi connectivity index (χ2n) is 2.92. The Hall–Kier alpha value is -1.47. The molecule has 2 aromatic rings. The molecule has 0 saturated carbocycles. The van der Waals surface area contributed by atoms with Gasteiger partial charge in [-0.1, -0.05) is 15.3 Å². The summed E-state index contributed by atoms with van der Waals surface area (Å²) in [6.45, 7) is 0. The average Bonchev–Trinajstić information content (AvgIpc) is 2.19. The summed E-state index contributed by atoms with van der Waals surface area (Å²) in [6, 6.07) is 9.45. The van der Waals surface area contributed by atoms with Crippen molar-refractivity contribution in [2.45, 2.75) is 0 Å². The van der Waals surface area contributed by atoms with Gasteiger partial charge in [-0.05, 0) is 24.3 Å². The van der Waals surface area contributed by atoms with E-state index >= 15 is 0 Å². The summed E-state index contributed by atoms with van der Waals surface area (Å²) in [4.78, 5) is 8.37. The van der Waals surface area contributed by atoms with Crippen LogP contribution < -0.4 is 11.2 Å². The molecule has 14 heavy (non-hydrogen) atoms. The van der Waals surface area contributed by atoms with Gasteiger partial charge in [0.2, 0.25) is 0 Å². The largest absolute Gasteiger partial charge is 0.384 e. The minimum atomic E-state index is 0.525. The van der Waals surface area contributed by atoms with Gasteiger partial charge in [-0.15, -0.1) is 0 Å². The van der Waals surface area contributed by atoms with Crippen molar-refractivity contribution in [1.29, 1.82) is 0 Å². The van der Waals surface area contributed by atoms with Crippen LogP contribution in [0.25, 0.3) is 11.3 Å². The zero-order valence-corrected chi connectivity index (χ0v) is 8.67. The number of nitrogens with two attached hydrogens (primary N) is 1. The van der Waals surface area contributed by atoms with E-state index in [1.54, 1.807) is 12.3 Å². The molecule has 1 atom stereocenters. The quantitative estimate of drug-likeness (QED) is 0.709.